The number of nitrogens with zero attached hydrogens (tertiary/aromatic N) is 2. The van der Waals surface area contributed by atoms with E-state index in [1.807, 2.05) is 6.07 Å². The van der Waals surface area contributed by atoms with Crippen molar-refractivity contribution in [3.63, 3.8) is 0 Å². The molecule has 136 valence electrons. The average Bonchev–Trinajstić information content (AvgIpc) is 2.62. The Morgan fingerprint density at radius 1 is 1.23 bits per heavy atom. The number of nitro groups is 1. The molecule has 2 aromatic rings. The number of likely N-dealkylation sites (tertiary alicyclic amines) is 1. The largest absolute Gasteiger partial charge is 0.339 e. The van der Waals surface area contributed by atoms with E-state index in [4.69, 9.17) is 0 Å². The van der Waals surface area contributed by atoms with Gasteiger partial charge in [-0.05, 0) is 55.9 Å². The molecule has 1 amide bonds. The van der Waals surface area contributed by atoms with Gasteiger partial charge in [-0.3, -0.25) is 14.9 Å². The van der Waals surface area contributed by atoms with E-state index >= 15 is 0 Å². The quantitative estimate of drug-likeness (QED) is 0.611. The minimum atomic E-state index is -0.461. The van der Waals surface area contributed by atoms with E-state index in [1.165, 1.54) is 12.1 Å². The molecule has 1 aliphatic heterocycles. The van der Waals surface area contributed by atoms with E-state index in [9.17, 15) is 19.3 Å². The number of hydrogen-bond acceptors (Lipinski definition) is 3. The number of benzene rings is 2. The van der Waals surface area contributed by atoms with Crippen molar-refractivity contribution in [2.75, 3.05) is 13.1 Å². The van der Waals surface area contributed by atoms with E-state index in [-0.39, 0.29) is 17.4 Å². The molecule has 0 N–H and O–H groups in total. The summed E-state index contributed by atoms with van der Waals surface area (Å²) in [5, 5.41) is 11.1. The zero-order valence-electron chi connectivity index (χ0n) is 14.7. The van der Waals surface area contributed by atoms with Gasteiger partial charge in [-0.15, -0.1) is 0 Å². The van der Waals surface area contributed by atoms with E-state index in [2.05, 4.69) is 0 Å². The maximum Gasteiger partial charge on any atom is 0.273 e. The summed E-state index contributed by atoms with van der Waals surface area (Å²) >= 11 is 0. The molecule has 0 unspecified atom stereocenters. The molecule has 0 spiro atoms. The Balaban J connectivity index is 1.64. The fourth-order valence-corrected chi connectivity index (χ4v) is 3.56. The van der Waals surface area contributed by atoms with Crippen LogP contribution in [0.4, 0.5) is 10.1 Å². The normalized spacial score (nSPS) is 15.1. The first kappa shape index (κ1) is 18.0. The van der Waals surface area contributed by atoms with Crippen molar-refractivity contribution in [1.29, 1.82) is 0 Å². The number of carbonyl (C=O) groups is 1. The van der Waals surface area contributed by atoms with E-state index in [0.29, 0.717) is 30.1 Å². The summed E-state index contributed by atoms with van der Waals surface area (Å²) in [5.74, 6) is 0.0266. The van der Waals surface area contributed by atoms with Gasteiger partial charge in [-0.25, -0.2) is 4.39 Å². The maximum atomic E-state index is 13.3. The number of amides is 1. The summed E-state index contributed by atoms with van der Waals surface area (Å²) < 4.78 is 13.3. The van der Waals surface area contributed by atoms with Gasteiger partial charge in [0.15, 0.2) is 0 Å². The molecule has 26 heavy (non-hydrogen) atoms. The van der Waals surface area contributed by atoms with Gasteiger partial charge in [0, 0.05) is 30.3 Å². The van der Waals surface area contributed by atoms with Crippen LogP contribution in [0.15, 0.2) is 42.5 Å². The lowest BCUT2D eigenvalue weighted by Crippen LogP contribution is -2.39. The van der Waals surface area contributed by atoms with Crippen LogP contribution in [0.25, 0.3) is 0 Å². The van der Waals surface area contributed by atoms with Gasteiger partial charge in [0.1, 0.15) is 5.82 Å². The Labute approximate surface area is 151 Å². The van der Waals surface area contributed by atoms with Crippen molar-refractivity contribution in [2.45, 2.75) is 26.2 Å². The van der Waals surface area contributed by atoms with Crippen LogP contribution in [0.1, 0.15) is 34.3 Å². The predicted octanol–water partition coefficient (Wildman–Crippen LogP) is 4.14. The molecule has 1 aliphatic rings. The number of halogens is 1. The first-order chi connectivity index (χ1) is 12.5. The summed E-state index contributed by atoms with van der Waals surface area (Å²) in [6, 6.07) is 11.2. The van der Waals surface area contributed by atoms with Crippen LogP contribution in [-0.2, 0) is 6.42 Å². The zero-order valence-corrected chi connectivity index (χ0v) is 14.7. The molecule has 0 aromatic heterocycles. The van der Waals surface area contributed by atoms with Crippen LogP contribution < -0.4 is 0 Å². The molecule has 2 aromatic carbocycles. The standard InChI is InChI=1S/C20H21FN2O3/c1-14-18(6-3-7-19(14)23(25)26)20(24)22-10-8-15(9-11-22)12-16-4-2-5-17(21)13-16/h2-7,13,15H,8-12H2,1H3. The second-order valence-electron chi connectivity index (χ2n) is 6.78. The SMILES string of the molecule is Cc1c(C(=O)N2CCC(Cc3cccc(F)c3)CC2)cccc1[N+](=O)[O-]. The van der Waals surface area contributed by atoms with Crippen LogP contribution in [0.2, 0.25) is 0 Å². The Hall–Kier alpha value is -2.76. The van der Waals surface area contributed by atoms with Crippen LogP contribution in [0, 0.1) is 28.8 Å². The molecule has 5 nitrogen and oxygen atoms in total. The van der Waals surface area contributed by atoms with E-state index in [1.54, 1.807) is 36.1 Å². The van der Waals surface area contributed by atoms with Crippen LogP contribution >= 0.6 is 0 Å². The topological polar surface area (TPSA) is 63.5 Å². The highest BCUT2D eigenvalue weighted by molar-refractivity contribution is 5.96. The Morgan fingerprint density at radius 3 is 2.58 bits per heavy atom. The zero-order chi connectivity index (χ0) is 18.7. The number of carbonyl (C=O) groups excluding carboxylic acids is 1. The fraction of sp³-hybridized carbons (Fsp3) is 0.350. The van der Waals surface area contributed by atoms with Crippen molar-refractivity contribution in [3.05, 3.63) is 75.1 Å². The van der Waals surface area contributed by atoms with E-state index in [0.717, 1.165) is 24.8 Å². The van der Waals surface area contributed by atoms with Crippen molar-refractivity contribution < 1.29 is 14.1 Å². The van der Waals surface area contributed by atoms with Gasteiger partial charge in [0.2, 0.25) is 0 Å². The summed E-state index contributed by atoms with van der Waals surface area (Å²) in [6.45, 7) is 2.84. The molecular weight excluding hydrogens is 335 g/mol. The monoisotopic (exact) mass is 356 g/mol. The molecule has 1 heterocycles. The second-order valence-corrected chi connectivity index (χ2v) is 6.78. The van der Waals surface area contributed by atoms with Gasteiger partial charge >= 0.3 is 0 Å². The lowest BCUT2D eigenvalue weighted by molar-refractivity contribution is -0.385. The lowest BCUT2D eigenvalue weighted by Gasteiger charge is -2.32. The molecule has 0 atom stereocenters. The third-order valence-electron chi connectivity index (χ3n) is 5.05. The highest BCUT2D eigenvalue weighted by Gasteiger charge is 2.26. The molecule has 1 fully saturated rings. The molecule has 0 bridgehead atoms. The highest BCUT2D eigenvalue weighted by atomic mass is 19.1. The van der Waals surface area contributed by atoms with E-state index < -0.39 is 4.92 Å². The predicted molar refractivity (Wildman–Crippen MR) is 96.6 cm³/mol. The maximum absolute atomic E-state index is 13.3. The average molecular weight is 356 g/mol. The smallest absolute Gasteiger partial charge is 0.273 e. The fourth-order valence-electron chi connectivity index (χ4n) is 3.56. The summed E-state index contributed by atoms with van der Waals surface area (Å²) in [6.07, 6.45) is 2.49. The van der Waals surface area contributed by atoms with Crippen LogP contribution in [0.5, 0.6) is 0 Å². The Bertz CT molecular complexity index is 830. The number of nitro benzene ring substituents is 1. The molecule has 3 rings (SSSR count). The van der Waals surface area contributed by atoms with Crippen LogP contribution in [-0.4, -0.2) is 28.8 Å². The lowest BCUT2D eigenvalue weighted by atomic mass is 9.89. The van der Waals surface area contributed by atoms with Gasteiger partial charge < -0.3 is 4.90 Å². The minimum Gasteiger partial charge on any atom is -0.339 e. The Kier molecular flexibility index (Phi) is 5.30. The van der Waals surface area contributed by atoms with Crippen molar-refractivity contribution in [2.24, 2.45) is 5.92 Å². The summed E-state index contributed by atoms with van der Waals surface area (Å²) in [5.41, 5.74) is 1.74. The van der Waals surface area contributed by atoms with Gasteiger partial charge in [-0.2, -0.15) is 0 Å². The van der Waals surface area contributed by atoms with Crippen molar-refractivity contribution >= 4 is 11.6 Å². The highest BCUT2D eigenvalue weighted by Crippen LogP contribution is 2.26. The number of piperidine rings is 1. The molecule has 6 heteroatoms. The summed E-state index contributed by atoms with van der Waals surface area (Å²) in [4.78, 5) is 25.1. The van der Waals surface area contributed by atoms with Gasteiger partial charge in [0.05, 0.1) is 4.92 Å². The molecular formula is C20H21FN2O3. The third kappa shape index (κ3) is 3.90. The minimum absolute atomic E-state index is 0.0307. The molecule has 0 saturated carbocycles. The first-order valence-corrected chi connectivity index (χ1v) is 8.73. The molecule has 1 saturated heterocycles. The van der Waals surface area contributed by atoms with Crippen molar-refractivity contribution in [1.82, 2.24) is 4.90 Å². The molecule has 0 aliphatic carbocycles. The van der Waals surface area contributed by atoms with Gasteiger partial charge in [-0.1, -0.05) is 18.2 Å². The second kappa shape index (κ2) is 7.64. The van der Waals surface area contributed by atoms with Gasteiger partial charge in [0.25, 0.3) is 11.6 Å². The summed E-state index contributed by atoms with van der Waals surface area (Å²) in [7, 11) is 0. The van der Waals surface area contributed by atoms with Crippen molar-refractivity contribution in [3.8, 4) is 0 Å². The Morgan fingerprint density at radius 2 is 1.92 bits per heavy atom. The first-order valence-electron chi connectivity index (χ1n) is 8.73. The molecule has 0 radical (unpaired) electrons. The number of rotatable bonds is 4. The van der Waals surface area contributed by atoms with Crippen LogP contribution in [0.3, 0.4) is 0 Å². The number of hydrogen-bond donors (Lipinski definition) is 0. The third-order valence-corrected chi connectivity index (χ3v) is 5.05.